The quantitative estimate of drug-likeness (QED) is 0.687. The van der Waals surface area contributed by atoms with Crippen molar-refractivity contribution in [1.29, 1.82) is 0 Å². The van der Waals surface area contributed by atoms with Crippen LogP contribution in [0, 0.1) is 5.82 Å². The largest absolute Gasteiger partial charge is 0.294 e. The zero-order valence-electron chi connectivity index (χ0n) is 13.5. The highest BCUT2D eigenvalue weighted by molar-refractivity contribution is 6.05. The molecule has 0 N–H and O–H groups in total. The fraction of sp³-hybridized carbons (Fsp3) is 0.167. The lowest BCUT2D eigenvalue weighted by molar-refractivity contribution is 0.0993. The van der Waals surface area contributed by atoms with Crippen LogP contribution in [0.2, 0.25) is 0 Å². The Bertz CT molecular complexity index is 1030. The number of hydrogen-bond acceptors (Lipinski definition) is 5. The highest BCUT2D eigenvalue weighted by atomic mass is 19.1. The second-order valence-electron chi connectivity index (χ2n) is 5.87. The molecule has 0 unspecified atom stereocenters. The van der Waals surface area contributed by atoms with Gasteiger partial charge in [-0.15, -0.1) is 0 Å². The molecule has 1 aliphatic heterocycles. The van der Waals surface area contributed by atoms with E-state index in [-0.39, 0.29) is 12.2 Å². The number of aliphatic imine (C=N–C) groups is 1. The van der Waals surface area contributed by atoms with Crippen LogP contribution in [0.4, 0.5) is 4.39 Å². The molecule has 0 aliphatic carbocycles. The van der Waals surface area contributed by atoms with E-state index in [1.807, 2.05) is 25.3 Å². The van der Waals surface area contributed by atoms with Crippen molar-refractivity contribution < 1.29 is 9.18 Å². The van der Waals surface area contributed by atoms with Crippen LogP contribution in [0.25, 0.3) is 11.2 Å². The van der Waals surface area contributed by atoms with Gasteiger partial charge in [-0.1, -0.05) is 0 Å². The summed E-state index contributed by atoms with van der Waals surface area (Å²) in [6.07, 6.45) is 6.43. The van der Waals surface area contributed by atoms with Gasteiger partial charge >= 0.3 is 0 Å². The number of rotatable bonds is 4. The molecule has 3 aromatic heterocycles. The number of carbonyl (C=O) groups is 1. The molecule has 0 fully saturated rings. The molecule has 4 heterocycles. The van der Waals surface area contributed by atoms with Gasteiger partial charge in [0.15, 0.2) is 11.4 Å². The summed E-state index contributed by atoms with van der Waals surface area (Å²) in [6, 6.07) is 4.62. The van der Waals surface area contributed by atoms with E-state index in [0.29, 0.717) is 23.4 Å². The summed E-state index contributed by atoms with van der Waals surface area (Å²) < 4.78 is 14.6. The summed E-state index contributed by atoms with van der Waals surface area (Å²) in [6.45, 7) is 2.52. The van der Waals surface area contributed by atoms with E-state index in [0.717, 1.165) is 23.0 Å². The van der Waals surface area contributed by atoms with Crippen molar-refractivity contribution in [3.63, 3.8) is 0 Å². The van der Waals surface area contributed by atoms with Crippen molar-refractivity contribution in [3.8, 4) is 0 Å². The van der Waals surface area contributed by atoms with Gasteiger partial charge in [-0.05, 0) is 42.3 Å². The fourth-order valence-electron chi connectivity index (χ4n) is 2.81. The third-order valence-corrected chi connectivity index (χ3v) is 4.06. The van der Waals surface area contributed by atoms with Crippen LogP contribution in [-0.2, 0) is 6.42 Å². The van der Waals surface area contributed by atoms with Gasteiger partial charge in [0.25, 0.3) is 0 Å². The molecule has 3 aromatic rings. The van der Waals surface area contributed by atoms with Crippen LogP contribution in [0.5, 0.6) is 0 Å². The Balaban J connectivity index is 1.72. The van der Waals surface area contributed by atoms with E-state index in [9.17, 15) is 9.18 Å². The topological polar surface area (TPSA) is 72.5 Å². The molecule has 4 rings (SSSR count). The SMILES string of the molecule is CC1=NCC(c2cc(C(=O)Cc3ccc(F)cn3)c3ncnn3c2)=C1. The number of hydrogen-bond donors (Lipinski definition) is 0. The molecule has 0 saturated heterocycles. The maximum atomic E-state index is 13.0. The Hall–Kier alpha value is -3.22. The third-order valence-electron chi connectivity index (χ3n) is 4.06. The molecule has 0 amide bonds. The van der Waals surface area contributed by atoms with Gasteiger partial charge in [0.05, 0.1) is 24.7 Å². The lowest BCUT2D eigenvalue weighted by Gasteiger charge is -2.07. The smallest absolute Gasteiger partial charge is 0.172 e. The number of Topliss-reactive ketones (excluding diaryl/α,β-unsaturated/α-hetero) is 1. The minimum Gasteiger partial charge on any atom is -0.294 e. The number of carbonyl (C=O) groups excluding carboxylic acids is 1. The second kappa shape index (κ2) is 6.01. The standard InChI is InChI=1S/C18H14FN5O/c1-11-4-12(7-20-11)13-5-16(18-22-10-23-24(18)9-13)17(25)6-15-3-2-14(19)8-21-15/h2-5,8-10H,6-7H2,1H3. The number of ketones is 1. The van der Waals surface area contributed by atoms with Crippen LogP contribution in [-0.4, -0.2) is 37.6 Å². The summed E-state index contributed by atoms with van der Waals surface area (Å²) in [5.41, 5.74) is 4.34. The van der Waals surface area contributed by atoms with Crippen molar-refractivity contribution >= 4 is 22.7 Å². The average Bonchev–Trinajstić information content (AvgIpc) is 3.24. The molecule has 25 heavy (non-hydrogen) atoms. The van der Waals surface area contributed by atoms with Gasteiger partial charge < -0.3 is 0 Å². The first-order valence-electron chi connectivity index (χ1n) is 7.79. The lowest BCUT2D eigenvalue weighted by atomic mass is 10.0. The molecule has 7 heteroatoms. The van der Waals surface area contributed by atoms with Crippen LogP contribution >= 0.6 is 0 Å². The molecule has 0 bridgehead atoms. The van der Waals surface area contributed by atoms with Crippen molar-refractivity contribution in [1.82, 2.24) is 19.6 Å². The van der Waals surface area contributed by atoms with E-state index in [1.54, 1.807) is 4.52 Å². The van der Waals surface area contributed by atoms with Gasteiger partial charge in [0.1, 0.15) is 12.1 Å². The highest BCUT2D eigenvalue weighted by Gasteiger charge is 2.18. The van der Waals surface area contributed by atoms with Crippen molar-refractivity contribution in [3.05, 3.63) is 65.6 Å². The predicted octanol–water partition coefficient (Wildman–Crippen LogP) is 2.55. The summed E-state index contributed by atoms with van der Waals surface area (Å²) in [4.78, 5) is 25.3. The van der Waals surface area contributed by atoms with E-state index < -0.39 is 5.82 Å². The molecule has 1 aliphatic rings. The summed E-state index contributed by atoms with van der Waals surface area (Å²) in [7, 11) is 0. The summed E-state index contributed by atoms with van der Waals surface area (Å²) in [5, 5.41) is 4.15. The van der Waals surface area contributed by atoms with E-state index in [2.05, 4.69) is 20.1 Å². The number of nitrogens with zero attached hydrogens (tertiary/aromatic N) is 5. The molecule has 0 atom stereocenters. The molecule has 124 valence electrons. The van der Waals surface area contributed by atoms with Gasteiger partial charge in [0, 0.05) is 17.6 Å². The van der Waals surface area contributed by atoms with Gasteiger partial charge in [-0.25, -0.2) is 13.9 Å². The summed E-state index contributed by atoms with van der Waals surface area (Å²) in [5.74, 6) is -0.572. The maximum Gasteiger partial charge on any atom is 0.172 e. The fourth-order valence-corrected chi connectivity index (χ4v) is 2.81. The Morgan fingerprint density at radius 2 is 2.20 bits per heavy atom. The average molecular weight is 335 g/mol. The van der Waals surface area contributed by atoms with E-state index in [4.69, 9.17) is 0 Å². The molecule has 0 spiro atoms. The van der Waals surface area contributed by atoms with Crippen LogP contribution in [0.3, 0.4) is 0 Å². The van der Waals surface area contributed by atoms with E-state index in [1.165, 1.54) is 18.5 Å². The number of pyridine rings is 2. The molecular formula is C18H14FN5O. The molecule has 6 nitrogen and oxygen atoms in total. The van der Waals surface area contributed by atoms with E-state index >= 15 is 0 Å². The first-order valence-corrected chi connectivity index (χ1v) is 7.79. The monoisotopic (exact) mass is 335 g/mol. The van der Waals surface area contributed by atoms with Gasteiger partial charge in [-0.2, -0.15) is 5.10 Å². The van der Waals surface area contributed by atoms with Gasteiger partial charge in [0.2, 0.25) is 0 Å². The highest BCUT2D eigenvalue weighted by Crippen LogP contribution is 2.23. The first kappa shape index (κ1) is 15.3. The van der Waals surface area contributed by atoms with Crippen molar-refractivity contribution in [2.75, 3.05) is 6.54 Å². The second-order valence-corrected chi connectivity index (χ2v) is 5.87. The van der Waals surface area contributed by atoms with Crippen LogP contribution < -0.4 is 0 Å². The Kier molecular flexibility index (Phi) is 3.68. The number of halogens is 1. The maximum absolute atomic E-state index is 13.0. The molecule has 0 saturated carbocycles. The van der Waals surface area contributed by atoms with Crippen LogP contribution in [0.1, 0.15) is 28.5 Å². The van der Waals surface area contributed by atoms with Gasteiger partial charge in [-0.3, -0.25) is 14.8 Å². The third kappa shape index (κ3) is 2.96. The Labute approximate surface area is 142 Å². The Morgan fingerprint density at radius 1 is 1.32 bits per heavy atom. The summed E-state index contributed by atoms with van der Waals surface area (Å²) >= 11 is 0. The minimum atomic E-state index is -0.429. The molecule has 0 aromatic carbocycles. The number of allylic oxidation sites excluding steroid dienone is 1. The molecular weight excluding hydrogens is 321 g/mol. The van der Waals surface area contributed by atoms with Crippen LogP contribution in [0.15, 0.2) is 48.0 Å². The molecule has 0 radical (unpaired) electrons. The normalized spacial score (nSPS) is 13.8. The van der Waals surface area contributed by atoms with Crippen molar-refractivity contribution in [2.24, 2.45) is 4.99 Å². The predicted molar refractivity (Wildman–Crippen MR) is 91.2 cm³/mol. The first-order chi connectivity index (χ1) is 12.1. The number of fused-ring (bicyclic) bond motifs is 1. The zero-order valence-corrected chi connectivity index (χ0v) is 13.5. The lowest BCUT2D eigenvalue weighted by Crippen LogP contribution is -2.09. The van der Waals surface area contributed by atoms with Crippen molar-refractivity contribution in [2.45, 2.75) is 13.3 Å². The Morgan fingerprint density at radius 3 is 2.92 bits per heavy atom. The minimum absolute atomic E-state index is 0.0703. The number of aromatic nitrogens is 4. The zero-order chi connectivity index (χ0) is 17.4.